The fraction of sp³-hybridized carbons (Fsp3) is 0.125. The van der Waals surface area contributed by atoms with Gasteiger partial charge in [0.2, 0.25) is 0 Å². The van der Waals surface area contributed by atoms with Crippen LogP contribution in [0.15, 0.2) is 69.6 Å². The molecule has 0 saturated carbocycles. The maximum Gasteiger partial charge on any atom is 0.282 e. The zero-order valence-electron chi connectivity index (χ0n) is 18.0. The Morgan fingerprint density at radius 1 is 0.886 bits per heavy atom. The van der Waals surface area contributed by atoms with Crippen LogP contribution in [-0.4, -0.2) is 40.7 Å². The monoisotopic (exact) mass is 599 g/mol. The van der Waals surface area contributed by atoms with Crippen molar-refractivity contribution in [3.8, 4) is 5.75 Å². The molecule has 1 fully saturated rings. The Hall–Kier alpha value is -3.57. The van der Waals surface area contributed by atoms with E-state index in [2.05, 4.69) is 31.9 Å². The fourth-order valence-corrected chi connectivity index (χ4v) is 5.19. The van der Waals surface area contributed by atoms with Crippen LogP contribution in [0.1, 0.15) is 32.3 Å². The lowest BCUT2D eigenvalue weighted by Gasteiger charge is -2.50. The Morgan fingerprint density at radius 2 is 1.57 bits per heavy atom. The number of anilines is 1. The number of carbonyl (C=O) groups is 3. The average Bonchev–Trinajstić information content (AvgIpc) is 3.08. The first-order chi connectivity index (χ1) is 16.7. The Kier molecular flexibility index (Phi) is 5.68. The summed E-state index contributed by atoms with van der Waals surface area (Å²) in [5, 5.41) is 11.5. The number of ether oxygens (including phenoxy) is 1. The van der Waals surface area contributed by atoms with Crippen LogP contribution in [-0.2, 0) is 4.79 Å². The molecule has 3 aromatic carbocycles. The van der Waals surface area contributed by atoms with Crippen molar-refractivity contribution in [3.05, 3.63) is 96.4 Å². The van der Waals surface area contributed by atoms with Gasteiger partial charge in [-0.15, -0.1) is 0 Å². The number of benzene rings is 3. The quantitative estimate of drug-likeness (QED) is 0.179. The molecule has 2 aliphatic heterocycles. The molecule has 1 saturated heterocycles. The highest BCUT2D eigenvalue weighted by Crippen LogP contribution is 2.48. The number of methoxy groups -OCH3 is 1. The van der Waals surface area contributed by atoms with Crippen molar-refractivity contribution < 1.29 is 24.0 Å². The number of nitro benzene ring substituents is 1. The molecule has 3 amide bonds. The molecular weight excluding hydrogens is 586 g/mol. The van der Waals surface area contributed by atoms with E-state index in [0.717, 1.165) is 9.37 Å². The molecule has 0 unspecified atom stereocenters. The number of imide groups is 1. The van der Waals surface area contributed by atoms with E-state index in [1.54, 1.807) is 42.5 Å². The van der Waals surface area contributed by atoms with Crippen molar-refractivity contribution in [2.24, 2.45) is 0 Å². The third-order valence-corrected chi connectivity index (χ3v) is 7.10. The molecule has 2 aliphatic rings. The second kappa shape index (κ2) is 8.58. The highest BCUT2D eigenvalue weighted by atomic mass is 79.9. The topological polar surface area (TPSA) is 110 Å². The Morgan fingerprint density at radius 3 is 2.23 bits per heavy atom. The Balaban J connectivity index is 1.65. The molecule has 0 aromatic heterocycles. The van der Waals surface area contributed by atoms with Gasteiger partial charge in [0.15, 0.2) is 0 Å². The average molecular weight is 601 g/mol. The third kappa shape index (κ3) is 3.53. The lowest BCUT2D eigenvalue weighted by Crippen LogP contribution is -2.67. The zero-order chi connectivity index (χ0) is 25.0. The third-order valence-electron chi connectivity index (χ3n) is 6.08. The van der Waals surface area contributed by atoms with Crippen LogP contribution >= 0.6 is 31.9 Å². The van der Waals surface area contributed by atoms with Gasteiger partial charge in [0, 0.05) is 26.3 Å². The van der Waals surface area contributed by atoms with Crippen molar-refractivity contribution in [2.75, 3.05) is 12.0 Å². The SMILES string of the molecule is COc1ccc(Br)cc1[C@H]1[C@@H](N2C(=O)c3cccc([N+](=O)[O-])c3C2=O)C(=O)N1c1ccc(Br)cc1. The first-order valence-electron chi connectivity index (χ1n) is 10.3. The molecule has 0 N–H and O–H groups in total. The lowest BCUT2D eigenvalue weighted by atomic mass is 9.85. The van der Waals surface area contributed by atoms with Crippen LogP contribution < -0.4 is 9.64 Å². The number of hydrogen-bond acceptors (Lipinski definition) is 6. The minimum absolute atomic E-state index is 0.0981. The van der Waals surface area contributed by atoms with Gasteiger partial charge in [0.05, 0.1) is 23.6 Å². The number of carbonyl (C=O) groups excluding carboxylic acids is 3. The predicted octanol–water partition coefficient (Wildman–Crippen LogP) is 4.88. The van der Waals surface area contributed by atoms with Gasteiger partial charge in [-0.3, -0.25) is 29.4 Å². The molecule has 0 bridgehead atoms. The van der Waals surface area contributed by atoms with Gasteiger partial charge < -0.3 is 9.64 Å². The number of nitro groups is 1. The van der Waals surface area contributed by atoms with Crippen LogP contribution in [0.2, 0.25) is 0 Å². The summed E-state index contributed by atoms with van der Waals surface area (Å²) in [4.78, 5) is 53.4. The van der Waals surface area contributed by atoms with E-state index in [9.17, 15) is 24.5 Å². The van der Waals surface area contributed by atoms with Crippen LogP contribution in [0.25, 0.3) is 0 Å². The molecular formula is C24H15Br2N3O6. The van der Waals surface area contributed by atoms with E-state index in [1.807, 2.05) is 0 Å². The van der Waals surface area contributed by atoms with E-state index < -0.39 is 40.4 Å². The van der Waals surface area contributed by atoms with Crippen molar-refractivity contribution in [3.63, 3.8) is 0 Å². The summed E-state index contributed by atoms with van der Waals surface area (Å²) in [5.74, 6) is -1.65. The molecule has 5 rings (SSSR count). The number of hydrogen-bond donors (Lipinski definition) is 0. The summed E-state index contributed by atoms with van der Waals surface area (Å²) in [6, 6.07) is 14.1. The summed E-state index contributed by atoms with van der Waals surface area (Å²) >= 11 is 6.81. The van der Waals surface area contributed by atoms with Crippen molar-refractivity contribution in [2.45, 2.75) is 12.1 Å². The smallest absolute Gasteiger partial charge is 0.282 e. The normalized spacial score (nSPS) is 19.0. The number of nitrogens with zero attached hydrogens (tertiary/aromatic N) is 3. The first-order valence-corrected chi connectivity index (χ1v) is 11.9. The summed E-state index contributed by atoms with van der Waals surface area (Å²) in [5.41, 5.74) is 0.248. The lowest BCUT2D eigenvalue weighted by molar-refractivity contribution is -0.385. The van der Waals surface area contributed by atoms with E-state index in [-0.39, 0.29) is 11.1 Å². The van der Waals surface area contributed by atoms with Crippen molar-refractivity contribution in [1.82, 2.24) is 4.90 Å². The standard InChI is InChI=1S/C24H15Br2N3O6/c1-35-18-10-7-13(26)11-16(18)20-21(24(32)27(20)14-8-5-12(25)6-9-14)28-22(30)15-3-2-4-17(29(33)34)19(15)23(28)31/h2-11,20-21H,1H3/t20-,21+/m0/s1. The maximum absolute atomic E-state index is 13.5. The minimum atomic E-state index is -1.21. The second-order valence-corrected chi connectivity index (χ2v) is 9.73. The van der Waals surface area contributed by atoms with Gasteiger partial charge in [-0.25, -0.2) is 0 Å². The van der Waals surface area contributed by atoms with Gasteiger partial charge in [-0.2, -0.15) is 0 Å². The number of halogens is 2. The highest BCUT2D eigenvalue weighted by Gasteiger charge is 2.59. The number of fused-ring (bicyclic) bond motifs is 1. The molecule has 0 aliphatic carbocycles. The number of β-lactam (4-membered cyclic amide) rings is 1. The van der Waals surface area contributed by atoms with Crippen LogP contribution in [0.4, 0.5) is 11.4 Å². The van der Waals surface area contributed by atoms with E-state index in [4.69, 9.17) is 4.74 Å². The van der Waals surface area contributed by atoms with Crippen LogP contribution in [0, 0.1) is 10.1 Å². The minimum Gasteiger partial charge on any atom is -0.496 e. The molecule has 3 aromatic rings. The molecule has 0 spiro atoms. The molecule has 176 valence electrons. The predicted molar refractivity (Wildman–Crippen MR) is 132 cm³/mol. The van der Waals surface area contributed by atoms with Crippen LogP contribution in [0.5, 0.6) is 5.75 Å². The largest absolute Gasteiger partial charge is 0.496 e. The van der Waals surface area contributed by atoms with Gasteiger partial charge in [-0.05, 0) is 48.5 Å². The van der Waals surface area contributed by atoms with Crippen LogP contribution in [0.3, 0.4) is 0 Å². The Bertz CT molecular complexity index is 1430. The molecule has 35 heavy (non-hydrogen) atoms. The fourth-order valence-electron chi connectivity index (χ4n) is 4.55. The van der Waals surface area contributed by atoms with Gasteiger partial charge in [0.1, 0.15) is 17.4 Å². The van der Waals surface area contributed by atoms with Crippen molar-refractivity contribution in [1.29, 1.82) is 0 Å². The summed E-state index contributed by atoms with van der Waals surface area (Å²) in [6.07, 6.45) is 0. The summed E-state index contributed by atoms with van der Waals surface area (Å²) in [6.45, 7) is 0. The van der Waals surface area contributed by atoms with Crippen molar-refractivity contribution >= 4 is 61.0 Å². The first kappa shape index (κ1) is 23.2. The summed E-state index contributed by atoms with van der Waals surface area (Å²) in [7, 11) is 1.48. The van der Waals surface area contributed by atoms with E-state index in [0.29, 0.717) is 21.5 Å². The summed E-state index contributed by atoms with van der Waals surface area (Å²) < 4.78 is 7.05. The molecule has 9 nitrogen and oxygen atoms in total. The van der Waals surface area contributed by atoms with Gasteiger partial charge in [-0.1, -0.05) is 37.9 Å². The highest BCUT2D eigenvalue weighted by molar-refractivity contribution is 9.10. The van der Waals surface area contributed by atoms with Gasteiger partial charge in [0.25, 0.3) is 23.4 Å². The van der Waals surface area contributed by atoms with E-state index >= 15 is 0 Å². The molecule has 2 atom stereocenters. The number of amides is 3. The van der Waals surface area contributed by atoms with Gasteiger partial charge >= 0.3 is 0 Å². The van der Waals surface area contributed by atoms with E-state index in [1.165, 1.54) is 30.2 Å². The molecule has 0 radical (unpaired) electrons. The molecule has 2 heterocycles. The maximum atomic E-state index is 13.5. The number of rotatable bonds is 5. The molecule has 11 heteroatoms. The second-order valence-electron chi connectivity index (χ2n) is 7.90. The Labute approximate surface area is 215 Å². The zero-order valence-corrected chi connectivity index (χ0v) is 21.1.